The number of pyridine rings is 1. The molecule has 2 aromatic heterocycles. The van der Waals surface area contributed by atoms with E-state index >= 15 is 0 Å². The van der Waals surface area contributed by atoms with Gasteiger partial charge >= 0.3 is 0 Å². The zero-order valence-electron chi connectivity index (χ0n) is 19.9. The van der Waals surface area contributed by atoms with Gasteiger partial charge in [0.2, 0.25) is 0 Å². The zero-order valence-corrected chi connectivity index (χ0v) is 19.9. The first-order valence-corrected chi connectivity index (χ1v) is 11.8. The highest BCUT2D eigenvalue weighted by Crippen LogP contribution is 2.31. The Morgan fingerprint density at radius 1 is 1.21 bits per heavy atom. The molecule has 1 aliphatic rings. The Labute approximate surface area is 198 Å². The fourth-order valence-electron chi connectivity index (χ4n) is 4.99. The van der Waals surface area contributed by atoms with Crippen LogP contribution in [0.3, 0.4) is 0 Å². The minimum absolute atomic E-state index is 0.0935. The molecule has 1 aliphatic heterocycles. The van der Waals surface area contributed by atoms with Crippen molar-refractivity contribution in [3.05, 3.63) is 81.4 Å². The molecule has 0 radical (unpaired) electrons. The number of nitrogens with zero attached hydrogens (tertiary/aromatic N) is 5. The van der Waals surface area contributed by atoms with Gasteiger partial charge in [-0.1, -0.05) is 37.3 Å². The van der Waals surface area contributed by atoms with Crippen molar-refractivity contribution in [2.45, 2.75) is 39.3 Å². The molecule has 8 heteroatoms. The second kappa shape index (κ2) is 9.38. The van der Waals surface area contributed by atoms with Crippen LogP contribution in [0.2, 0.25) is 0 Å². The first-order chi connectivity index (χ1) is 16.5. The predicted molar refractivity (Wildman–Crippen MR) is 131 cm³/mol. The Kier molecular flexibility index (Phi) is 6.15. The molecule has 0 amide bonds. The minimum atomic E-state index is -0.329. The first kappa shape index (κ1) is 22.3. The van der Waals surface area contributed by atoms with Crippen LogP contribution in [-0.4, -0.2) is 50.3 Å². The number of H-pyrrole nitrogens is 1. The molecule has 2 atom stereocenters. The maximum atomic E-state index is 13.4. The van der Waals surface area contributed by atoms with Crippen molar-refractivity contribution in [1.82, 2.24) is 30.1 Å². The summed E-state index contributed by atoms with van der Waals surface area (Å²) in [6, 6.07) is 15.6. The van der Waals surface area contributed by atoms with Crippen LogP contribution in [0.15, 0.2) is 53.3 Å². The molecular weight excluding hydrogens is 428 g/mol. The molecule has 8 nitrogen and oxygen atoms in total. The number of hydrogen-bond donors (Lipinski definition) is 1. The third kappa shape index (κ3) is 4.33. The number of rotatable bonds is 6. The Hall–Kier alpha value is -3.52. The summed E-state index contributed by atoms with van der Waals surface area (Å²) >= 11 is 0. The van der Waals surface area contributed by atoms with E-state index in [0.29, 0.717) is 23.9 Å². The van der Waals surface area contributed by atoms with E-state index in [1.807, 2.05) is 60.1 Å². The molecule has 2 aromatic carbocycles. The SMILES string of the molecule is COc1ccc(Cn2nnnc2[C@H](c2cc3cccc(C)c3[nH]c2=O)N2CCC[C@H](C)C2)cc1. The highest BCUT2D eigenvalue weighted by Gasteiger charge is 2.32. The Morgan fingerprint density at radius 2 is 2.03 bits per heavy atom. The Bertz CT molecular complexity index is 1340. The summed E-state index contributed by atoms with van der Waals surface area (Å²) < 4.78 is 7.09. The Morgan fingerprint density at radius 3 is 2.79 bits per heavy atom. The van der Waals surface area contributed by atoms with E-state index in [9.17, 15) is 4.79 Å². The van der Waals surface area contributed by atoms with Crippen LogP contribution in [-0.2, 0) is 6.54 Å². The third-order valence-electron chi connectivity index (χ3n) is 6.76. The maximum Gasteiger partial charge on any atom is 0.253 e. The lowest BCUT2D eigenvalue weighted by Crippen LogP contribution is -2.41. The summed E-state index contributed by atoms with van der Waals surface area (Å²) in [4.78, 5) is 18.9. The minimum Gasteiger partial charge on any atom is -0.497 e. The number of tetrazole rings is 1. The molecule has 0 unspecified atom stereocenters. The number of hydrogen-bond acceptors (Lipinski definition) is 6. The van der Waals surface area contributed by atoms with E-state index in [0.717, 1.165) is 47.3 Å². The average Bonchev–Trinajstić information content (AvgIpc) is 3.28. The van der Waals surface area contributed by atoms with Crippen molar-refractivity contribution in [2.75, 3.05) is 20.2 Å². The summed E-state index contributed by atoms with van der Waals surface area (Å²) in [5.41, 5.74) is 3.57. The molecule has 0 bridgehead atoms. The van der Waals surface area contributed by atoms with Crippen LogP contribution in [0.5, 0.6) is 5.75 Å². The summed E-state index contributed by atoms with van der Waals surface area (Å²) in [5.74, 6) is 2.03. The van der Waals surface area contributed by atoms with E-state index in [1.165, 1.54) is 6.42 Å². The molecule has 1 N–H and O–H groups in total. The Balaban J connectivity index is 1.60. The molecule has 0 aliphatic carbocycles. The number of aryl methyl sites for hydroxylation is 1. The fraction of sp³-hybridized carbons (Fsp3) is 0.385. The number of benzene rings is 2. The van der Waals surface area contributed by atoms with Crippen LogP contribution in [0.4, 0.5) is 0 Å². The molecule has 0 saturated carbocycles. The zero-order chi connectivity index (χ0) is 23.7. The topological polar surface area (TPSA) is 88.9 Å². The van der Waals surface area contributed by atoms with Gasteiger partial charge in [0, 0.05) is 12.1 Å². The summed E-state index contributed by atoms with van der Waals surface area (Å²) in [5, 5.41) is 13.8. The van der Waals surface area contributed by atoms with Gasteiger partial charge in [0.05, 0.1) is 19.2 Å². The number of aromatic amines is 1. The lowest BCUT2D eigenvalue weighted by Gasteiger charge is -2.36. The quantitative estimate of drug-likeness (QED) is 0.474. The number of likely N-dealkylation sites (tertiary alicyclic amines) is 1. The van der Waals surface area contributed by atoms with Gasteiger partial charge in [-0.05, 0) is 77.4 Å². The average molecular weight is 459 g/mol. The van der Waals surface area contributed by atoms with Crippen molar-refractivity contribution in [3.8, 4) is 5.75 Å². The number of para-hydroxylation sites is 1. The van der Waals surface area contributed by atoms with Gasteiger partial charge in [-0.25, -0.2) is 4.68 Å². The standard InChI is InChI=1S/C26H30N6O2/c1-17-6-5-13-31(15-17)24(22-14-20-8-4-7-18(2)23(20)27-26(22)33)25-28-29-30-32(25)16-19-9-11-21(34-3)12-10-19/h4,7-12,14,17,24H,5-6,13,15-16H2,1-3H3,(H,27,33)/t17-,24-/m0/s1. The largest absolute Gasteiger partial charge is 0.497 e. The molecule has 176 valence electrons. The molecular formula is C26H30N6O2. The second-order valence-electron chi connectivity index (χ2n) is 9.28. The lowest BCUT2D eigenvalue weighted by atomic mass is 9.95. The fourth-order valence-corrected chi connectivity index (χ4v) is 4.99. The van der Waals surface area contributed by atoms with Crippen LogP contribution < -0.4 is 10.3 Å². The highest BCUT2D eigenvalue weighted by molar-refractivity contribution is 5.82. The number of nitrogens with one attached hydrogen (secondary N) is 1. The van der Waals surface area contributed by atoms with Crippen molar-refractivity contribution >= 4 is 10.9 Å². The van der Waals surface area contributed by atoms with Crippen molar-refractivity contribution in [1.29, 1.82) is 0 Å². The van der Waals surface area contributed by atoms with Crippen LogP contribution in [0.25, 0.3) is 10.9 Å². The third-order valence-corrected chi connectivity index (χ3v) is 6.76. The smallest absolute Gasteiger partial charge is 0.253 e. The van der Waals surface area contributed by atoms with E-state index in [1.54, 1.807) is 7.11 Å². The summed E-state index contributed by atoms with van der Waals surface area (Å²) in [6.45, 7) is 6.58. The summed E-state index contributed by atoms with van der Waals surface area (Å²) in [7, 11) is 1.65. The van der Waals surface area contributed by atoms with Crippen LogP contribution in [0.1, 0.15) is 48.3 Å². The highest BCUT2D eigenvalue weighted by atomic mass is 16.5. The normalized spacial score (nSPS) is 17.7. The van der Waals surface area contributed by atoms with Gasteiger partial charge in [-0.2, -0.15) is 0 Å². The molecule has 34 heavy (non-hydrogen) atoms. The van der Waals surface area contributed by atoms with Gasteiger partial charge in [0.25, 0.3) is 5.56 Å². The molecule has 3 heterocycles. The number of fused-ring (bicyclic) bond motifs is 1. The van der Waals surface area contributed by atoms with Crippen LogP contribution in [0, 0.1) is 12.8 Å². The molecule has 1 saturated heterocycles. The molecule has 0 spiro atoms. The van der Waals surface area contributed by atoms with Gasteiger partial charge in [0.15, 0.2) is 5.82 Å². The van der Waals surface area contributed by atoms with Gasteiger partial charge in [0.1, 0.15) is 11.8 Å². The van der Waals surface area contributed by atoms with Crippen molar-refractivity contribution in [2.24, 2.45) is 5.92 Å². The monoisotopic (exact) mass is 458 g/mol. The van der Waals surface area contributed by atoms with Gasteiger partial charge < -0.3 is 9.72 Å². The van der Waals surface area contributed by atoms with E-state index in [-0.39, 0.29) is 11.6 Å². The number of aromatic nitrogens is 5. The molecule has 4 aromatic rings. The van der Waals surface area contributed by atoms with E-state index in [4.69, 9.17) is 4.74 Å². The van der Waals surface area contributed by atoms with Gasteiger partial charge in [-0.15, -0.1) is 5.10 Å². The number of methoxy groups -OCH3 is 1. The molecule has 5 rings (SSSR count). The summed E-state index contributed by atoms with van der Waals surface area (Å²) in [6.07, 6.45) is 2.27. The first-order valence-electron chi connectivity index (χ1n) is 11.8. The van der Waals surface area contributed by atoms with Crippen molar-refractivity contribution in [3.63, 3.8) is 0 Å². The predicted octanol–water partition coefficient (Wildman–Crippen LogP) is 3.70. The van der Waals surface area contributed by atoms with Crippen molar-refractivity contribution < 1.29 is 4.74 Å². The number of ether oxygens (including phenoxy) is 1. The molecule has 1 fully saturated rings. The van der Waals surface area contributed by atoms with Gasteiger partial charge in [-0.3, -0.25) is 9.69 Å². The van der Waals surface area contributed by atoms with E-state index < -0.39 is 0 Å². The van der Waals surface area contributed by atoms with E-state index in [2.05, 4.69) is 32.3 Å². The van der Waals surface area contributed by atoms with Crippen LogP contribution >= 0.6 is 0 Å². The second-order valence-corrected chi connectivity index (χ2v) is 9.28. The lowest BCUT2D eigenvalue weighted by molar-refractivity contribution is 0.141. The number of piperidine rings is 1. The maximum absolute atomic E-state index is 13.4.